The Hall–Kier alpha value is -3.60. The molecule has 1 aliphatic carbocycles. The van der Waals surface area contributed by atoms with Crippen LogP contribution in [0.25, 0.3) is 0 Å². The molecule has 33 heavy (non-hydrogen) atoms. The van der Waals surface area contributed by atoms with Gasteiger partial charge in [-0.3, -0.25) is 9.59 Å². The Balaban J connectivity index is 1.68. The number of carbonyl (C=O) groups is 2. The number of carboxylic acid groups (broad SMARTS) is 1. The van der Waals surface area contributed by atoms with Gasteiger partial charge in [-0.15, -0.1) is 0 Å². The first-order valence-corrected chi connectivity index (χ1v) is 11.6. The second-order valence-corrected chi connectivity index (χ2v) is 8.60. The highest BCUT2D eigenvalue weighted by Crippen LogP contribution is 2.35. The van der Waals surface area contributed by atoms with Gasteiger partial charge in [-0.05, 0) is 48.2 Å². The van der Waals surface area contributed by atoms with Gasteiger partial charge in [0.1, 0.15) is 0 Å². The molecule has 1 unspecified atom stereocenters. The van der Waals surface area contributed by atoms with Crippen LogP contribution in [0.3, 0.4) is 0 Å². The zero-order valence-electron chi connectivity index (χ0n) is 18.7. The first-order valence-electron chi connectivity index (χ1n) is 11.6. The van der Waals surface area contributed by atoms with E-state index in [0.717, 1.165) is 48.2 Å². The van der Waals surface area contributed by atoms with Crippen molar-refractivity contribution in [1.82, 2.24) is 5.32 Å². The molecule has 170 valence electrons. The molecular formula is C28H30N2O3. The van der Waals surface area contributed by atoms with Crippen LogP contribution in [0, 0.1) is 5.92 Å². The molecule has 0 spiro atoms. The van der Waals surface area contributed by atoms with E-state index in [0.29, 0.717) is 6.54 Å². The average Bonchev–Trinajstić information content (AvgIpc) is 3.38. The van der Waals surface area contributed by atoms with Gasteiger partial charge in [0.25, 0.3) is 0 Å². The third-order valence-corrected chi connectivity index (χ3v) is 6.30. The molecule has 5 nitrogen and oxygen atoms in total. The molecule has 0 aromatic heterocycles. The van der Waals surface area contributed by atoms with E-state index in [2.05, 4.69) is 34.5 Å². The maximum absolute atomic E-state index is 12.8. The molecule has 0 aliphatic heterocycles. The number of para-hydroxylation sites is 1. The molecule has 1 aliphatic rings. The minimum Gasteiger partial charge on any atom is -0.481 e. The summed E-state index contributed by atoms with van der Waals surface area (Å²) in [5, 5.41) is 12.3. The largest absolute Gasteiger partial charge is 0.481 e. The molecule has 1 fully saturated rings. The van der Waals surface area contributed by atoms with Gasteiger partial charge in [-0.1, -0.05) is 73.5 Å². The summed E-state index contributed by atoms with van der Waals surface area (Å²) >= 11 is 0. The van der Waals surface area contributed by atoms with Crippen molar-refractivity contribution in [2.45, 2.75) is 38.1 Å². The highest BCUT2D eigenvalue weighted by atomic mass is 16.4. The van der Waals surface area contributed by atoms with Gasteiger partial charge in [-0.2, -0.15) is 0 Å². The number of anilines is 2. The summed E-state index contributed by atoms with van der Waals surface area (Å²) in [6, 6.07) is 27.8. The number of amides is 1. The van der Waals surface area contributed by atoms with Crippen LogP contribution in [0.15, 0.2) is 84.9 Å². The minimum absolute atomic E-state index is 0.00875. The lowest BCUT2D eigenvalue weighted by Gasteiger charge is -2.35. The second-order valence-electron chi connectivity index (χ2n) is 8.60. The van der Waals surface area contributed by atoms with E-state index >= 15 is 0 Å². The lowest BCUT2D eigenvalue weighted by Crippen LogP contribution is -2.38. The van der Waals surface area contributed by atoms with Gasteiger partial charge < -0.3 is 15.3 Å². The van der Waals surface area contributed by atoms with Crippen LogP contribution in [0.4, 0.5) is 11.4 Å². The predicted octanol–water partition coefficient (Wildman–Crippen LogP) is 5.50. The topological polar surface area (TPSA) is 69.6 Å². The second kappa shape index (κ2) is 10.8. The molecule has 0 saturated heterocycles. The molecular weight excluding hydrogens is 412 g/mol. The van der Waals surface area contributed by atoms with Crippen molar-refractivity contribution in [2.24, 2.45) is 5.92 Å². The fraction of sp³-hybridized carbons (Fsp3) is 0.286. The number of rotatable bonds is 9. The minimum atomic E-state index is -0.848. The molecule has 0 radical (unpaired) electrons. The number of nitrogens with one attached hydrogen (secondary N) is 1. The lowest BCUT2D eigenvalue weighted by molar-refractivity contribution is -0.136. The van der Waals surface area contributed by atoms with E-state index in [1.54, 1.807) is 0 Å². The zero-order valence-corrected chi connectivity index (χ0v) is 18.7. The van der Waals surface area contributed by atoms with Gasteiger partial charge in [0.05, 0.1) is 12.5 Å². The summed E-state index contributed by atoms with van der Waals surface area (Å²) in [7, 11) is 0. The first-order chi connectivity index (χ1) is 16.1. The van der Waals surface area contributed by atoms with E-state index in [1.165, 1.54) is 0 Å². The van der Waals surface area contributed by atoms with E-state index in [-0.39, 0.29) is 24.3 Å². The Kier molecular flexibility index (Phi) is 7.40. The highest BCUT2D eigenvalue weighted by molar-refractivity contribution is 5.79. The molecule has 0 heterocycles. The van der Waals surface area contributed by atoms with E-state index in [9.17, 15) is 9.59 Å². The van der Waals surface area contributed by atoms with Crippen LogP contribution in [-0.2, 0) is 16.0 Å². The quantitative estimate of drug-likeness (QED) is 0.459. The van der Waals surface area contributed by atoms with E-state index in [1.807, 2.05) is 60.7 Å². The third-order valence-electron chi connectivity index (χ3n) is 6.30. The summed E-state index contributed by atoms with van der Waals surface area (Å²) in [5.74, 6) is -0.598. The van der Waals surface area contributed by atoms with Gasteiger partial charge >= 0.3 is 5.97 Å². The lowest BCUT2D eigenvalue weighted by atomic mass is 10.0. The van der Waals surface area contributed by atoms with Crippen molar-refractivity contribution in [3.63, 3.8) is 0 Å². The van der Waals surface area contributed by atoms with Gasteiger partial charge in [0, 0.05) is 23.8 Å². The Bertz CT molecular complexity index is 1050. The molecule has 1 amide bonds. The summed E-state index contributed by atoms with van der Waals surface area (Å²) in [6.45, 7) is 0.477. The molecule has 1 saturated carbocycles. The summed E-state index contributed by atoms with van der Waals surface area (Å²) in [5.41, 5.74) is 3.81. The predicted molar refractivity (Wildman–Crippen MR) is 131 cm³/mol. The molecule has 3 aromatic rings. The van der Waals surface area contributed by atoms with Crippen LogP contribution >= 0.6 is 0 Å². The third kappa shape index (κ3) is 5.80. The van der Waals surface area contributed by atoms with E-state index < -0.39 is 5.97 Å². The van der Waals surface area contributed by atoms with Crippen LogP contribution in [0.1, 0.15) is 42.9 Å². The molecule has 5 heteroatoms. The number of carbonyl (C=O) groups excluding carboxylic acids is 1. The number of aliphatic carboxylic acids is 1. The number of carboxylic acids is 1. The first kappa shape index (κ1) is 22.6. The standard InChI is InChI=1S/C28H30N2O3/c31-27(32)19-21-15-17-25(18-16-21)30(24-13-5-2-6-14-24)26(22-9-3-1-4-10-22)20-29-28(33)23-11-7-8-12-23/h1-6,9-10,13-18,23,26H,7-8,11-12,19-20H2,(H,29,33)(H,31,32). The average molecular weight is 443 g/mol. The van der Waals surface area contributed by atoms with Crippen LogP contribution in [0.5, 0.6) is 0 Å². The Morgan fingerprint density at radius 1 is 0.848 bits per heavy atom. The maximum Gasteiger partial charge on any atom is 0.307 e. The number of benzene rings is 3. The molecule has 0 bridgehead atoms. The summed E-state index contributed by atoms with van der Waals surface area (Å²) in [4.78, 5) is 26.2. The van der Waals surface area contributed by atoms with Gasteiger partial charge in [0.15, 0.2) is 0 Å². The van der Waals surface area contributed by atoms with Crippen molar-refractivity contribution < 1.29 is 14.7 Å². The SMILES string of the molecule is O=C(O)Cc1ccc(N(c2ccccc2)C(CNC(=O)C2CCCC2)c2ccccc2)cc1. The normalized spacial score (nSPS) is 14.5. The maximum atomic E-state index is 12.8. The number of hydrogen-bond donors (Lipinski definition) is 2. The summed E-state index contributed by atoms with van der Waals surface area (Å²) < 4.78 is 0. The van der Waals surface area contributed by atoms with Crippen molar-refractivity contribution in [1.29, 1.82) is 0 Å². The smallest absolute Gasteiger partial charge is 0.307 e. The van der Waals surface area contributed by atoms with Crippen LogP contribution < -0.4 is 10.2 Å². The molecule has 2 N–H and O–H groups in total. The fourth-order valence-corrected chi connectivity index (χ4v) is 4.61. The molecule has 4 rings (SSSR count). The monoisotopic (exact) mass is 442 g/mol. The number of hydrogen-bond acceptors (Lipinski definition) is 3. The van der Waals surface area contributed by atoms with Crippen molar-refractivity contribution in [2.75, 3.05) is 11.4 Å². The molecule has 3 aromatic carbocycles. The Labute approximate surface area is 195 Å². The summed E-state index contributed by atoms with van der Waals surface area (Å²) in [6.07, 6.45) is 4.17. The Morgan fingerprint density at radius 3 is 2.03 bits per heavy atom. The van der Waals surface area contributed by atoms with Crippen LogP contribution in [0.2, 0.25) is 0 Å². The van der Waals surface area contributed by atoms with Crippen LogP contribution in [-0.4, -0.2) is 23.5 Å². The highest BCUT2D eigenvalue weighted by Gasteiger charge is 2.27. The van der Waals surface area contributed by atoms with Gasteiger partial charge in [-0.25, -0.2) is 0 Å². The molecule has 1 atom stereocenters. The zero-order chi connectivity index (χ0) is 23.0. The van der Waals surface area contributed by atoms with Crippen molar-refractivity contribution in [3.8, 4) is 0 Å². The van der Waals surface area contributed by atoms with Crippen molar-refractivity contribution in [3.05, 3.63) is 96.1 Å². The van der Waals surface area contributed by atoms with E-state index in [4.69, 9.17) is 5.11 Å². The number of nitrogens with zero attached hydrogens (tertiary/aromatic N) is 1. The van der Waals surface area contributed by atoms with Gasteiger partial charge in [0.2, 0.25) is 5.91 Å². The van der Waals surface area contributed by atoms with Crippen molar-refractivity contribution >= 4 is 23.3 Å². The fourth-order valence-electron chi connectivity index (χ4n) is 4.61. The Morgan fingerprint density at radius 2 is 1.42 bits per heavy atom.